The molecular weight excluding hydrogens is 361 g/mol. The second-order valence-electron chi connectivity index (χ2n) is 5.51. The van der Waals surface area contributed by atoms with E-state index in [0.717, 1.165) is 6.42 Å². The maximum Gasteiger partial charge on any atom is 0.0945 e. The maximum atomic E-state index is 11.6. The van der Waals surface area contributed by atoms with Gasteiger partial charge in [-0.2, -0.15) is 0 Å². The van der Waals surface area contributed by atoms with Crippen molar-refractivity contribution >= 4 is 33.6 Å². The molecule has 1 aliphatic heterocycles. The number of ether oxygens (including phenoxy) is 1. The summed E-state index contributed by atoms with van der Waals surface area (Å²) in [5.41, 5.74) is 1.23. The van der Waals surface area contributed by atoms with Crippen molar-refractivity contribution in [1.29, 1.82) is 0 Å². The van der Waals surface area contributed by atoms with E-state index < -0.39 is 15.7 Å². The molecule has 1 unspecified atom stereocenters. The van der Waals surface area contributed by atoms with Crippen LogP contribution in [0.25, 0.3) is 0 Å². The number of halogens is 1. The molecule has 1 fully saturated rings. The molecule has 18 heavy (non-hydrogen) atoms. The van der Waals surface area contributed by atoms with Crippen molar-refractivity contribution in [2.45, 2.75) is 30.4 Å². The van der Waals surface area contributed by atoms with Gasteiger partial charge in [0.05, 0.1) is 28.9 Å². The highest BCUT2D eigenvalue weighted by molar-refractivity contribution is 14.1. The fraction of sp³-hybridized carbons (Fsp3) is 0.538. The standard InChI is InChI=1S/C13H18INO2S/c1-12(2,18(15)16)7-13(8-17-9-13)10-3-5-11(14)6-4-10/h3-6H,7-9,15H2,1-2H3. The second kappa shape index (κ2) is 5.19. The molecule has 1 atom stereocenters. The molecule has 0 aromatic heterocycles. The van der Waals surface area contributed by atoms with E-state index in [2.05, 4.69) is 46.9 Å². The van der Waals surface area contributed by atoms with Crippen molar-refractivity contribution < 1.29 is 8.95 Å². The highest BCUT2D eigenvalue weighted by Gasteiger charge is 2.45. The van der Waals surface area contributed by atoms with Crippen LogP contribution in [0.1, 0.15) is 25.8 Å². The SMILES string of the molecule is CC(C)(CC1(c2ccc(I)cc2)COC1)S(N)=O. The number of hydrogen-bond donors (Lipinski definition) is 1. The Morgan fingerprint density at radius 1 is 1.39 bits per heavy atom. The van der Waals surface area contributed by atoms with Gasteiger partial charge in [-0.3, -0.25) is 5.14 Å². The van der Waals surface area contributed by atoms with Gasteiger partial charge in [0.15, 0.2) is 0 Å². The van der Waals surface area contributed by atoms with Crippen LogP contribution >= 0.6 is 22.6 Å². The predicted octanol–water partition coefficient (Wildman–Crippen LogP) is 2.35. The van der Waals surface area contributed by atoms with Crippen molar-refractivity contribution in [3.05, 3.63) is 33.4 Å². The van der Waals surface area contributed by atoms with Crippen LogP contribution in [0.15, 0.2) is 24.3 Å². The average Bonchev–Trinajstić information content (AvgIpc) is 2.25. The Morgan fingerprint density at radius 3 is 2.33 bits per heavy atom. The Morgan fingerprint density at radius 2 is 1.94 bits per heavy atom. The van der Waals surface area contributed by atoms with Gasteiger partial charge in [0, 0.05) is 8.99 Å². The lowest BCUT2D eigenvalue weighted by atomic mass is 9.72. The van der Waals surface area contributed by atoms with Gasteiger partial charge in [-0.05, 0) is 60.6 Å². The molecule has 0 saturated carbocycles. The van der Waals surface area contributed by atoms with Gasteiger partial charge in [-0.1, -0.05) is 12.1 Å². The van der Waals surface area contributed by atoms with Gasteiger partial charge in [-0.15, -0.1) is 0 Å². The van der Waals surface area contributed by atoms with E-state index in [4.69, 9.17) is 9.88 Å². The molecule has 2 N–H and O–H groups in total. The molecule has 5 heteroatoms. The molecule has 1 heterocycles. The summed E-state index contributed by atoms with van der Waals surface area (Å²) < 4.78 is 17.8. The minimum Gasteiger partial charge on any atom is -0.379 e. The highest BCUT2D eigenvalue weighted by Crippen LogP contribution is 2.40. The fourth-order valence-electron chi connectivity index (χ4n) is 2.41. The van der Waals surface area contributed by atoms with Gasteiger partial charge in [0.1, 0.15) is 0 Å². The molecule has 0 amide bonds. The van der Waals surface area contributed by atoms with E-state index in [0.29, 0.717) is 13.2 Å². The number of hydrogen-bond acceptors (Lipinski definition) is 2. The van der Waals surface area contributed by atoms with Gasteiger partial charge in [-0.25, -0.2) is 4.21 Å². The third-order valence-electron chi connectivity index (χ3n) is 3.52. The molecule has 0 aliphatic carbocycles. The number of nitrogens with two attached hydrogens (primary N) is 1. The van der Waals surface area contributed by atoms with Crippen molar-refractivity contribution in [2.75, 3.05) is 13.2 Å². The van der Waals surface area contributed by atoms with Crippen molar-refractivity contribution in [3.63, 3.8) is 0 Å². The van der Waals surface area contributed by atoms with E-state index in [9.17, 15) is 4.21 Å². The third-order valence-corrected chi connectivity index (χ3v) is 5.47. The molecular formula is C13H18INO2S. The van der Waals surface area contributed by atoms with E-state index in [1.807, 2.05) is 13.8 Å². The van der Waals surface area contributed by atoms with Crippen molar-refractivity contribution in [3.8, 4) is 0 Å². The van der Waals surface area contributed by atoms with Gasteiger partial charge in [0.25, 0.3) is 0 Å². The van der Waals surface area contributed by atoms with Crippen molar-refractivity contribution in [1.82, 2.24) is 0 Å². The molecule has 100 valence electrons. The third kappa shape index (κ3) is 2.79. The quantitative estimate of drug-likeness (QED) is 0.817. The first-order valence-electron chi connectivity index (χ1n) is 5.86. The lowest BCUT2D eigenvalue weighted by Gasteiger charge is -2.45. The van der Waals surface area contributed by atoms with E-state index in [1.165, 1.54) is 9.13 Å². The first-order valence-corrected chi connectivity index (χ1v) is 8.15. The average molecular weight is 379 g/mol. The summed E-state index contributed by atoms with van der Waals surface area (Å²) >= 11 is 2.29. The molecule has 0 radical (unpaired) electrons. The monoisotopic (exact) mass is 379 g/mol. The predicted molar refractivity (Wildman–Crippen MR) is 82.7 cm³/mol. The Labute approximate surface area is 124 Å². The second-order valence-corrected chi connectivity index (χ2v) is 8.46. The summed E-state index contributed by atoms with van der Waals surface area (Å²) in [6.45, 7) is 5.29. The molecule has 1 aromatic rings. The fourth-order valence-corrected chi connectivity index (χ4v) is 3.19. The smallest absolute Gasteiger partial charge is 0.0945 e. The molecule has 1 saturated heterocycles. The Hall–Kier alpha value is 0.0200. The van der Waals surface area contributed by atoms with E-state index in [-0.39, 0.29) is 5.41 Å². The summed E-state index contributed by atoms with van der Waals surface area (Å²) in [5.74, 6) is 0. The lowest BCUT2D eigenvalue weighted by molar-refractivity contribution is -0.0678. The van der Waals surface area contributed by atoms with Gasteiger partial charge in [0.2, 0.25) is 0 Å². The minimum atomic E-state index is -1.33. The Bertz CT molecular complexity index is 455. The summed E-state index contributed by atoms with van der Waals surface area (Å²) in [5, 5.41) is 5.59. The van der Waals surface area contributed by atoms with E-state index >= 15 is 0 Å². The molecule has 0 spiro atoms. The largest absolute Gasteiger partial charge is 0.379 e. The van der Waals surface area contributed by atoms with Crippen LogP contribution < -0.4 is 5.14 Å². The summed E-state index contributed by atoms with van der Waals surface area (Å²) in [6, 6.07) is 8.48. The normalized spacial score (nSPS) is 20.2. The maximum absolute atomic E-state index is 11.6. The zero-order chi connectivity index (χ0) is 13.4. The molecule has 2 rings (SSSR count). The topological polar surface area (TPSA) is 52.3 Å². The molecule has 0 bridgehead atoms. The van der Waals surface area contributed by atoms with Crippen LogP contribution in [-0.4, -0.2) is 22.2 Å². The zero-order valence-corrected chi connectivity index (χ0v) is 13.6. The van der Waals surface area contributed by atoms with Crippen LogP contribution in [0, 0.1) is 3.57 Å². The van der Waals surface area contributed by atoms with Crippen LogP contribution in [0.2, 0.25) is 0 Å². The number of benzene rings is 1. The van der Waals surface area contributed by atoms with Crippen LogP contribution in [0.3, 0.4) is 0 Å². The zero-order valence-electron chi connectivity index (χ0n) is 10.6. The van der Waals surface area contributed by atoms with Gasteiger partial charge >= 0.3 is 0 Å². The Kier molecular flexibility index (Phi) is 4.16. The lowest BCUT2D eigenvalue weighted by Crippen LogP contribution is -2.52. The summed E-state index contributed by atoms with van der Waals surface area (Å²) in [6.07, 6.45) is 0.781. The molecule has 3 nitrogen and oxygen atoms in total. The van der Waals surface area contributed by atoms with Crippen molar-refractivity contribution in [2.24, 2.45) is 5.14 Å². The Balaban J connectivity index is 2.26. The molecule has 1 aromatic carbocycles. The van der Waals surface area contributed by atoms with Crippen LogP contribution in [0.5, 0.6) is 0 Å². The first kappa shape index (κ1) is 14.4. The highest BCUT2D eigenvalue weighted by atomic mass is 127. The van der Waals surface area contributed by atoms with E-state index in [1.54, 1.807) is 0 Å². The van der Waals surface area contributed by atoms with Crippen LogP contribution in [-0.2, 0) is 21.1 Å². The molecule has 1 aliphatic rings. The first-order chi connectivity index (χ1) is 8.36. The van der Waals surface area contributed by atoms with Gasteiger partial charge < -0.3 is 4.74 Å². The summed E-state index contributed by atoms with van der Waals surface area (Å²) in [4.78, 5) is 0. The minimum absolute atomic E-state index is 0.0249. The number of rotatable bonds is 4. The van der Waals surface area contributed by atoms with Crippen LogP contribution in [0.4, 0.5) is 0 Å². The summed E-state index contributed by atoms with van der Waals surface area (Å²) in [7, 11) is -1.33.